The van der Waals surface area contributed by atoms with Crippen LogP contribution in [0.5, 0.6) is 0 Å². The van der Waals surface area contributed by atoms with Gasteiger partial charge in [0.05, 0.1) is 5.75 Å². The van der Waals surface area contributed by atoms with Crippen molar-refractivity contribution in [3.63, 3.8) is 0 Å². The minimum atomic E-state index is -0.931. The molecule has 2 aromatic heterocycles. The number of aryl methyl sites for hydroxylation is 1. The van der Waals surface area contributed by atoms with E-state index in [-0.39, 0.29) is 11.7 Å². The van der Waals surface area contributed by atoms with E-state index in [4.69, 9.17) is 5.11 Å². The first-order valence-corrected chi connectivity index (χ1v) is 7.28. The summed E-state index contributed by atoms with van der Waals surface area (Å²) in [5.41, 5.74) is 1.03. The molecule has 0 aromatic carbocycles. The molecule has 0 spiro atoms. The molecule has 0 atom stereocenters. The van der Waals surface area contributed by atoms with Gasteiger partial charge in [-0.1, -0.05) is 29.2 Å². The van der Waals surface area contributed by atoms with Crippen molar-refractivity contribution in [1.82, 2.24) is 15.2 Å². The Labute approximate surface area is 122 Å². The molecule has 0 aliphatic carbocycles. The Morgan fingerprint density at radius 1 is 1.40 bits per heavy atom. The number of nitrogens with one attached hydrogen (secondary N) is 1. The number of hydrogen-bond donors (Lipinski definition) is 2. The average molecular weight is 310 g/mol. The highest BCUT2D eigenvalue weighted by atomic mass is 32.2. The molecule has 2 N–H and O–H groups in total. The van der Waals surface area contributed by atoms with E-state index in [0.717, 1.165) is 28.8 Å². The molecule has 0 saturated carbocycles. The predicted octanol–water partition coefficient (Wildman–Crippen LogP) is 1.67. The summed E-state index contributed by atoms with van der Waals surface area (Å²) in [5, 5.41) is 19.0. The molecule has 0 aliphatic heterocycles. The number of carbonyl (C=O) groups is 2. The predicted molar refractivity (Wildman–Crippen MR) is 75.2 cm³/mol. The lowest BCUT2D eigenvalue weighted by molar-refractivity contribution is -0.133. The second-order valence-electron chi connectivity index (χ2n) is 3.67. The zero-order chi connectivity index (χ0) is 14.5. The summed E-state index contributed by atoms with van der Waals surface area (Å²) in [7, 11) is 0. The molecule has 1 amide bonds. The number of aromatic nitrogens is 3. The van der Waals surface area contributed by atoms with Gasteiger partial charge in [-0.25, -0.2) is 4.98 Å². The van der Waals surface area contributed by atoms with Gasteiger partial charge in [-0.15, -0.1) is 10.2 Å². The van der Waals surface area contributed by atoms with Crippen LogP contribution in [0.15, 0.2) is 22.5 Å². The number of pyridine rings is 1. The van der Waals surface area contributed by atoms with Crippen molar-refractivity contribution in [3.8, 4) is 0 Å². The third-order valence-electron chi connectivity index (χ3n) is 2.07. The van der Waals surface area contributed by atoms with E-state index in [0.29, 0.717) is 15.2 Å². The van der Waals surface area contributed by atoms with Gasteiger partial charge in [-0.3, -0.25) is 14.9 Å². The molecule has 0 aliphatic rings. The number of carboxylic acids is 1. The number of hydrogen-bond acceptors (Lipinski definition) is 7. The minimum Gasteiger partial charge on any atom is -0.481 e. The fraction of sp³-hybridized carbons (Fsp3) is 0.182. The van der Waals surface area contributed by atoms with Crippen LogP contribution in [0.1, 0.15) is 16.2 Å². The quantitative estimate of drug-likeness (QED) is 0.639. The van der Waals surface area contributed by atoms with Gasteiger partial charge in [0.15, 0.2) is 4.34 Å². The number of rotatable bonds is 5. The highest BCUT2D eigenvalue weighted by Gasteiger charge is 2.12. The van der Waals surface area contributed by atoms with E-state index in [1.165, 1.54) is 0 Å². The highest BCUT2D eigenvalue weighted by molar-refractivity contribution is 8.01. The lowest BCUT2D eigenvalue weighted by Gasteiger charge is -2.00. The summed E-state index contributed by atoms with van der Waals surface area (Å²) >= 11 is 2.17. The van der Waals surface area contributed by atoms with Gasteiger partial charge in [0.25, 0.3) is 5.91 Å². The summed E-state index contributed by atoms with van der Waals surface area (Å²) in [6.07, 6.45) is 0. The normalized spacial score (nSPS) is 10.2. The fourth-order valence-electron chi connectivity index (χ4n) is 1.27. The lowest BCUT2D eigenvalue weighted by atomic mass is 10.3. The molecule has 7 nitrogen and oxygen atoms in total. The second kappa shape index (κ2) is 6.44. The Morgan fingerprint density at radius 3 is 2.90 bits per heavy atom. The van der Waals surface area contributed by atoms with Gasteiger partial charge in [-0.2, -0.15) is 0 Å². The first kappa shape index (κ1) is 14.4. The van der Waals surface area contributed by atoms with E-state index >= 15 is 0 Å². The molecule has 0 radical (unpaired) electrons. The molecular weight excluding hydrogens is 300 g/mol. The third kappa shape index (κ3) is 4.00. The van der Waals surface area contributed by atoms with Gasteiger partial charge < -0.3 is 5.11 Å². The fourth-order valence-corrected chi connectivity index (χ4v) is 2.74. The van der Waals surface area contributed by atoms with Gasteiger partial charge in [0, 0.05) is 5.69 Å². The minimum absolute atomic E-state index is 0.0952. The Balaban J connectivity index is 1.99. The summed E-state index contributed by atoms with van der Waals surface area (Å²) in [4.78, 5) is 26.4. The third-order valence-corrected chi connectivity index (χ3v) is 4.02. The number of anilines is 1. The summed E-state index contributed by atoms with van der Waals surface area (Å²) < 4.78 is 0.486. The summed E-state index contributed by atoms with van der Waals surface area (Å²) in [6, 6.07) is 5.14. The smallest absolute Gasteiger partial charge is 0.313 e. The van der Waals surface area contributed by atoms with Gasteiger partial charge >= 0.3 is 5.97 Å². The number of aliphatic carboxylic acids is 1. The standard InChI is InChI=1S/C11H10N4O3S2/c1-6-3-2-4-7(12-6)9(18)13-10-14-15-11(20-10)19-5-8(16)17/h2-4H,5H2,1H3,(H,16,17)(H,13,14,18). The maximum absolute atomic E-state index is 11.9. The van der Waals surface area contributed by atoms with Crippen molar-refractivity contribution in [3.05, 3.63) is 29.6 Å². The van der Waals surface area contributed by atoms with E-state index in [1.54, 1.807) is 25.1 Å². The maximum Gasteiger partial charge on any atom is 0.313 e. The Morgan fingerprint density at radius 2 is 2.20 bits per heavy atom. The largest absolute Gasteiger partial charge is 0.481 e. The monoisotopic (exact) mass is 310 g/mol. The summed E-state index contributed by atoms with van der Waals surface area (Å²) in [6.45, 7) is 1.79. The van der Waals surface area contributed by atoms with Crippen LogP contribution >= 0.6 is 23.1 Å². The zero-order valence-electron chi connectivity index (χ0n) is 10.4. The van der Waals surface area contributed by atoms with Crippen molar-refractivity contribution in [2.24, 2.45) is 0 Å². The first-order chi connectivity index (χ1) is 9.54. The van der Waals surface area contributed by atoms with E-state index in [2.05, 4.69) is 20.5 Å². The van der Waals surface area contributed by atoms with Crippen LogP contribution < -0.4 is 5.32 Å². The number of amides is 1. The van der Waals surface area contributed by atoms with E-state index < -0.39 is 5.97 Å². The van der Waals surface area contributed by atoms with Crippen LogP contribution in [0.2, 0.25) is 0 Å². The molecule has 20 heavy (non-hydrogen) atoms. The van der Waals surface area contributed by atoms with E-state index in [9.17, 15) is 9.59 Å². The maximum atomic E-state index is 11.9. The molecule has 9 heteroatoms. The van der Waals surface area contributed by atoms with Gasteiger partial charge in [0.1, 0.15) is 5.69 Å². The van der Waals surface area contributed by atoms with Crippen LogP contribution in [-0.4, -0.2) is 37.9 Å². The zero-order valence-corrected chi connectivity index (χ0v) is 12.0. The number of thioether (sulfide) groups is 1. The summed E-state index contributed by atoms with van der Waals surface area (Å²) in [5.74, 6) is -1.40. The molecule has 104 valence electrons. The molecular formula is C11H10N4O3S2. The number of carbonyl (C=O) groups excluding carboxylic acids is 1. The molecule has 0 saturated heterocycles. The molecule has 0 bridgehead atoms. The van der Waals surface area contributed by atoms with Crippen molar-refractivity contribution >= 4 is 40.1 Å². The molecule has 2 heterocycles. The number of nitrogens with zero attached hydrogens (tertiary/aromatic N) is 3. The van der Waals surface area contributed by atoms with E-state index in [1.807, 2.05) is 0 Å². The van der Waals surface area contributed by atoms with Crippen molar-refractivity contribution in [2.75, 3.05) is 11.1 Å². The average Bonchev–Trinajstić information content (AvgIpc) is 2.84. The van der Waals surface area contributed by atoms with Crippen LogP contribution in [0.25, 0.3) is 0 Å². The molecule has 0 fully saturated rings. The van der Waals surface area contributed by atoms with Crippen molar-refractivity contribution in [2.45, 2.75) is 11.3 Å². The Kier molecular flexibility index (Phi) is 4.64. The second-order valence-corrected chi connectivity index (χ2v) is 5.87. The Bertz CT molecular complexity index is 644. The van der Waals surface area contributed by atoms with Crippen LogP contribution in [-0.2, 0) is 4.79 Å². The Hall–Kier alpha value is -2.00. The highest BCUT2D eigenvalue weighted by Crippen LogP contribution is 2.25. The molecule has 2 aromatic rings. The molecule has 0 unspecified atom stereocenters. The van der Waals surface area contributed by atoms with Crippen LogP contribution in [0.3, 0.4) is 0 Å². The molecule has 2 rings (SSSR count). The first-order valence-electron chi connectivity index (χ1n) is 5.47. The van der Waals surface area contributed by atoms with Crippen molar-refractivity contribution < 1.29 is 14.7 Å². The SMILES string of the molecule is Cc1cccc(C(=O)Nc2nnc(SCC(=O)O)s2)n1. The van der Waals surface area contributed by atoms with Crippen LogP contribution in [0.4, 0.5) is 5.13 Å². The van der Waals surface area contributed by atoms with Crippen molar-refractivity contribution in [1.29, 1.82) is 0 Å². The van der Waals surface area contributed by atoms with Crippen LogP contribution in [0, 0.1) is 6.92 Å². The number of carboxylic acid groups (broad SMARTS) is 1. The van der Waals surface area contributed by atoms with Gasteiger partial charge in [-0.05, 0) is 19.1 Å². The lowest BCUT2D eigenvalue weighted by Crippen LogP contribution is -2.13. The van der Waals surface area contributed by atoms with Gasteiger partial charge in [0.2, 0.25) is 5.13 Å². The topological polar surface area (TPSA) is 105 Å².